The Hall–Kier alpha value is -7.92. The molecule has 1 unspecified atom stereocenters. The maximum atomic E-state index is 12.1. The van der Waals surface area contributed by atoms with E-state index in [-0.39, 0.29) is 76.9 Å². The van der Waals surface area contributed by atoms with E-state index in [0.717, 1.165) is 59.0 Å². The van der Waals surface area contributed by atoms with Crippen molar-refractivity contribution in [1.82, 2.24) is 55.6 Å². The predicted octanol–water partition coefficient (Wildman–Crippen LogP) is 11.4. The van der Waals surface area contributed by atoms with Crippen LogP contribution in [-0.2, 0) is 9.47 Å². The lowest BCUT2D eigenvalue weighted by molar-refractivity contribution is -0.0548. The number of nitrogens with one attached hydrogen (secondary N) is 6. The number of alkyl carbamates (subject to hydrolysis) is 1. The molecule has 1 aliphatic carbocycles. The van der Waals surface area contributed by atoms with E-state index in [0.29, 0.717) is 32.5 Å². The monoisotopic (exact) mass is 1340 g/mol. The molecular formula is C56H57Cl7N16O9. The number of aliphatic hydroxyl groups excluding tert-OH is 1. The molecule has 0 bridgehead atoms. The van der Waals surface area contributed by atoms with E-state index >= 15 is 0 Å². The van der Waals surface area contributed by atoms with Gasteiger partial charge in [0.05, 0.1) is 51.1 Å². The van der Waals surface area contributed by atoms with Gasteiger partial charge in [-0.05, 0) is 101 Å². The third-order valence-electron chi connectivity index (χ3n) is 12.5. The molecule has 464 valence electrons. The molecule has 2 aromatic carbocycles. The molecule has 12 rings (SSSR count). The number of fused-ring (bicyclic) bond motifs is 5. The Balaban J connectivity index is 0.000000171. The van der Waals surface area contributed by atoms with Crippen molar-refractivity contribution in [3.05, 3.63) is 176 Å². The fourth-order valence-electron chi connectivity index (χ4n) is 8.56. The van der Waals surface area contributed by atoms with Gasteiger partial charge in [0, 0.05) is 51.6 Å². The van der Waals surface area contributed by atoms with Gasteiger partial charge in [-0.2, -0.15) is 10.2 Å². The zero-order chi connectivity index (χ0) is 64.7. The first-order valence-corrected chi connectivity index (χ1v) is 28.6. The second kappa shape index (κ2) is 31.3. The number of ether oxygens (including phenoxy) is 2. The van der Waals surface area contributed by atoms with Gasteiger partial charge in [0.2, 0.25) is 6.29 Å². The van der Waals surface area contributed by atoms with Crippen LogP contribution in [0.2, 0.25) is 36.1 Å². The smallest absolute Gasteiger partial charge is 0.407 e. The molecule has 8 aromatic heterocycles. The number of halogens is 7. The average Bonchev–Trinajstić information content (AvgIpc) is 1.89. The molecule has 25 nitrogen and oxygen atoms in total. The number of hydrogen-bond donors (Lipinski definition) is 12. The standard InChI is InChI=1S/C16H12ClN5O.C11H22N2O2.C9H10N2.C7H3Cl2N3O.C7H3Cl2NO3.C6H3Cl2NO2.H4N2/c1-8-6-18-14-10(8)3-2-4-11(14)20-15-13-9(5-12(17)21-15)7-19-22-16(13)23;1-11(2,3)15-10(14)13-9-7-5-4-6-8(9)12;1-6-5-11-9-7(6)3-2-4-8(9)10;8-4-1-3-2-10-12-7(13)5(3)6(9)11-4;8-3-1-2-4(5(9)10-3)7(12)13-6(2)11;7-4-2-1-3(6(10)11)5(8)9-4;1-2/h2-7,18H,1H3,(H,20,21)(H,22,23);8-9H,4-7,12H2,1-3H3,(H,13,14);2-5,11H,10H2,1H3;1-2H,(H,12,13);1,6,11H;1-2H,(H,10,11);1-2H2/t;8-,9+;;;;;/m.1...../s1. The van der Waals surface area contributed by atoms with E-state index in [2.05, 4.69) is 90.3 Å². The fraction of sp³-hybridized carbons (Fsp3) is 0.232. The maximum Gasteiger partial charge on any atom is 0.407 e. The Labute approximate surface area is 535 Å². The van der Waals surface area contributed by atoms with Crippen molar-refractivity contribution in [2.75, 3.05) is 11.1 Å². The minimum atomic E-state index is -1.29. The molecule has 16 N–H and O–H groups in total. The Morgan fingerprint density at radius 2 is 1.25 bits per heavy atom. The number of nitrogens with two attached hydrogens (primary N) is 4. The summed E-state index contributed by atoms with van der Waals surface area (Å²) in [7, 11) is 0. The number of para-hydroxylation sites is 2. The number of cyclic esters (lactones) is 1. The molecule has 3 atom stereocenters. The molecule has 1 saturated carbocycles. The summed E-state index contributed by atoms with van der Waals surface area (Å²) in [5.74, 6) is 6.60. The number of pyridine rings is 4. The van der Waals surface area contributed by atoms with Crippen molar-refractivity contribution in [2.45, 2.75) is 84.3 Å². The maximum absolute atomic E-state index is 12.1. The number of aryl methyl sites for hydroxylation is 2. The Bertz CT molecular complexity index is 4260. The van der Waals surface area contributed by atoms with Crippen LogP contribution in [0.5, 0.6) is 0 Å². The molecule has 32 heteroatoms. The number of aromatic carboxylic acids is 1. The molecule has 0 spiro atoms. The van der Waals surface area contributed by atoms with Crippen molar-refractivity contribution in [3.63, 3.8) is 0 Å². The SMILES string of the molecule is CC(C)(C)OC(=O)N[C@H]1CCCC[C@H]1N.Cc1c[nH]c2c(N)cccc12.Cc1c[nH]c2c(Nc3nc(Cl)cc4cn[nH]c(=O)c34)cccc12.NN.O=C(O)c1ccc(Cl)nc1Cl.O=C1OC(O)c2cc(Cl)nc(Cl)c21.O=c1[nH]ncc2cc(Cl)nc(Cl)c12. The van der Waals surface area contributed by atoms with Crippen molar-refractivity contribution in [1.29, 1.82) is 0 Å². The number of benzene rings is 2. The van der Waals surface area contributed by atoms with Gasteiger partial charge in [-0.1, -0.05) is 118 Å². The van der Waals surface area contributed by atoms with Crippen molar-refractivity contribution >= 4 is 160 Å². The number of H-pyrrole nitrogens is 4. The number of amides is 1. The van der Waals surface area contributed by atoms with Crippen LogP contribution in [0.25, 0.3) is 43.4 Å². The third kappa shape index (κ3) is 18.3. The van der Waals surface area contributed by atoms with Gasteiger partial charge in [0.15, 0.2) is 0 Å². The number of carboxylic acid groups (broad SMARTS) is 1. The van der Waals surface area contributed by atoms with E-state index in [1.165, 1.54) is 41.4 Å². The Kier molecular flexibility index (Phi) is 24.6. The summed E-state index contributed by atoms with van der Waals surface area (Å²) in [6.45, 7) is 9.67. The molecule has 2 aliphatic rings. The number of aromatic nitrogens is 10. The third-order valence-corrected chi connectivity index (χ3v) is 14.2. The molecular weight excluding hydrogens is 1290 g/mol. The van der Waals surface area contributed by atoms with E-state index in [1.54, 1.807) is 12.3 Å². The number of aromatic amines is 4. The van der Waals surface area contributed by atoms with Gasteiger partial charge in [-0.25, -0.2) is 44.5 Å². The van der Waals surface area contributed by atoms with Crippen LogP contribution < -0.4 is 44.9 Å². The molecule has 0 saturated heterocycles. The molecule has 0 radical (unpaired) electrons. The zero-order valence-corrected chi connectivity index (χ0v) is 52.4. The number of nitrogens with zero attached hydrogens (tertiary/aromatic N) is 6. The van der Waals surface area contributed by atoms with Crippen molar-refractivity contribution < 1.29 is 34.1 Å². The number of rotatable bonds is 4. The van der Waals surface area contributed by atoms with Gasteiger partial charge in [-0.3, -0.25) is 21.3 Å². The number of hydrazine groups is 1. The number of anilines is 3. The van der Waals surface area contributed by atoms with Crippen LogP contribution in [0.3, 0.4) is 0 Å². The number of carbonyl (C=O) groups is 3. The molecule has 1 fully saturated rings. The van der Waals surface area contributed by atoms with Crippen LogP contribution >= 0.6 is 81.2 Å². The van der Waals surface area contributed by atoms with E-state index < -0.39 is 23.8 Å². The quantitative estimate of drug-likeness (QED) is 0.0256. The Morgan fingerprint density at radius 1 is 0.705 bits per heavy atom. The highest BCUT2D eigenvalue weighted by Gasteiger charge is 2.33. The van der Waals surface area contributed by atoms with Gasteiger partial charge >= 0.3 is 18.0 Å². The van der Waals surface area contributed by atoms with Gasteiger partial charge in [0.25, 0.3) is 11.1 Å². The summed E-state index contributed by atoms with van der Waals surface area (Å²) in [6.07, 6.45) is 9.52. The highest BCUT2D eigenvalue weighted by Crippen LogP contribution is 2.35. The molecule has 1 aliphatic heterocycles. The van der Waals surface area contributed by atoms with Crippen LogP contribution in [0.15, 0.2) is 101 Å². The largest absolute Gasteiger partial charge is 0.478 e. The minimum absolute atomic E-state index is 0.0453. The molecule has 9 heterocycles. The lowest BCUT2D eigenvalue weighted by Gasteiger charge is -2.30. The number of aliphatic hydroxyl groups is 1. The molecule has 10 aromatic rings. The second-order valence-electron chi connectivity index (χ2n) is 19.9. The minimum Gasteiger partial charge on any atom is -0.478 e. The fourth-order valence-corrected chi connectivity index (χ4v) is 10.2. The molecule has 1 amide bonds. The van der Waals surface area contributed by atoms with Gasteiger partial charge in [-0.15, -0.1) is 0 Å². The summed E-state index contributed by atoms with van der Waals surface area (Å²) in [6, 6.07) is 19.2. The van der Waals surface area contributed by atoms with E-state index in [9.17, 15) is 29.1 Å². The summed E-state index contributed by atoms with van der Waals surface area (Å²) < 4.78 is 9.68. The van der Waals surface area contributed by atoms with Crippen LogP contribution in [0, 0.1) is 13.8 Å². The van der Waals surface area contributed by atoms with Crippen LogP contribution in [-0.4, -0.2) is 96.2 Å². The van der Waals surface area contributed by atoms with E-state index in [4.69, 9.17) is 103 Å². The normalized spacial score (nSPS) is 14.7. The first-order valence-electron chi connectivity index (χ1n) is 26.0. The lowest BCUT2D eigenvalue weighted by Crippen LogP contribution is -2.50. The van der Waals surface area contributed by atoms with Crippen molar-refractivity contribution in [3.8, 4) is 0 Å². The number of nitrogen functional groups attached to an aromatic ring is 1. The van der Waals surface area contributed by atoms with Gasteiger partial charge in [0.1, 0.15) is 53.1 Å². The Morgan fingerprint density at radius 3 is 1.85 bits per heavy atom. The van der Waals surface area contributed by atoms with Crippen LogP contribution in [0.4, 0.5) is 22.0 Å². The summed E-state index contributed by atoms with van der Waals surface area (Å²) in [4.78, 5) is 77.8. The highest BCUT2D eigenvalue weighted by molar-refractivity contribution is 6.37. The van der Waals surface area contributed by atoms with Gasteiger partial charge < -0.3 is 51.8 Å². The number of carbonyl (C=O) groups excluding carboxylic acids is 2. The average molecular weight is 1350 g/mol. The molecule has 88 heavy (non-hydrogen) atoms. The van der Waals surface area contributed by atoms with Crippen molar-refractivity contribution in [2.24, 2.45) is 17.4 Å². The summed E-state index contributed by atoms with van der Waals surface area (Å²) in [5, 5.41) is 40.9. The lowest BCUT2D eigenvalue weighted by atomic mass is 9.91. The second-order valence-corrected chi connectivity index (χ2v) is 22.5. The van der Waals surface area contributed by atoms with Crippen LogP contribution in [0.1, 0.15) is 90.2 Å². The summed E-state index contributed by atoms with van der Waals surface area (Å²) >= 11 is 39.5. The number of esters is 1. The predicted molar refractivity (Wildman–Crippen MR) is 343 cm³/mol. The first-order chi connectivity index (χ1) is 41.7. The highest BCUT2D eigenvalue weighted by atomic mass is 35.5. The first kappa shape index (κ1) is 69.2. The number of carboxylic acids is 1. The topological polar surface area (TPSA) is 413 Å². The number of hydrogen-bond acceptors (Lipinski definition) is 19. The summed E-state index contributed by atoms with van der Waals surface area (Å²) in [5.41, 5.74) is 16.9. The zero-order valence-electron chi connectivity index (χ0n) is 47.1. The van der Waals surface area contributed by atoms with E-state index in [1.807, 2.05) is 70.4 Å².